The maximum atomic E-state index is 13.0. The molecule has 304 valence electrons. The number of hydrogen-bond donors (Lipinski definition) is 5. The number of nitrogens with zero attached hydrogens (tertiary/aromatic N) is 2. The van der Waals surface area contributed by atoms with Crippen molar-refractivity contribution in [3.63, 3.8) is 0 Å². The minimum Gasteiger partial charge on any atom is -0.490 e. The molecule has 13 heteroatoms. The number of ether oxygens (including phenoxy) is 2. The molecule has 2 aliphatic carbocycles. The average molecular weight is 814 g/mol. The number of benzene rings is 2. The van der Waals surface area contributed by atoms with E-state index in [4.69, 9.17) is 37.8 Å². The third kappa shape index (κ3) is 11.1. The number of aromatic nitrogens is 1. The van der Waals surface area contributed by atoms with Crippen LogP contribution in [-0.2, 0) is 33.0 Å². The summed E-state index contributed by atoms with van der Waals surface area (Å²) >= 11 is 13.5. The second kappa shape index (κ2) is 19.5. The van der Waals surface area contributed by atoms with Crippen LogP contribution in [0.15, 0.2) is 54.9 Å². The van der Waals surface area contributed by atoms with Crippen LogP contribution in [0.3, 0.4) is 0 Å². The summed E-state index contributed by atoms with van der Waals surface area (Å²) in [4.78, 5) is 31.8. The first-order valence-electron chi connectivity index (χ1n) is 19.9. The molecule has 3 aromatic rings. The van der Waals surface area contributed by atoms with Gasteiger partial charge in [0.2, 0.25) is 5.91 Å². The Labute approximate surface area is 338 Å². The lowest BCUT2D eigenvalue weighted by atomic mass is 9.89. The van der Waals surface area contributed by atoms with E-state index in [1.54, 1.807) is 0 Å². The molecule has 0 bridgehead atoms. The summed E-state index contributed by atoms with van der Waals surface area (Å²) in [5, 5.41) is 49.4. The maximum absolute atomic E-state index is 13.0. The highest BCUT2D eigenvalue weighted by Gasteiger charge is 2.48. The molecule has 2 aromatic carbocycles. The number of Topliss-reactive ketones (excluding diaryl/α,β-unsaturated/α-hetero) is 1. The SMILES string of the molecule is O=C(CC[C@@H](O)[C@H](O)[C@@H](O)[C@@H](O)CO)CC1CCN(C(=O)CCCCc2cc(Cl)c(COC3(c4cnccc4-c4ccccc4OC4CC4)CC3)cc2Cl)CC1. The van der Waals surface area contributed by atoms with E-state index in [0.29, 0.717) is 68.3 Å². The van der Waals surface area contributed by atoms with Crippen LogP contribution in [0, 0.1) is 5.92 Å². The van der Waals surface area contributed by atoms with Crippen LogP contribution in [0.4, 0.5) is 0 Å². The summed E-state index contributed by atoms with van der Waals surface area (Å²) in [5.41, 5.74) is 4.44. The number of piperidine rings is 1. The molecule has 4 atom stereocenters. The molecule has 2 heterocycles. The molecule has 3 fully saturated rings. The Kier molecular flexibility index (Phi) is 14.8. The molecule has 3 aliphatic rings. The number of carbonyl (C=O) groups excluding carboxylic acids is 2. The number of hydrogen-bond acceptors (Lipinski definition) is 10. The lowest BCUT2D eigenvalue weighted by Gasteiger charge is -2.32. The average Bonchev–Trinajstić information content (AvgIpc) is 4.16. The van der Waals surface area contributed by atoms with Gasteiger partial charge < -0.3 is 39.9 Å². The number of ketones is 1. The molecule has 0 unspecified atom stereocenters. The number of likely N-dealkylation sites (tertiary alicyclic amines) is 1. The van der Waals surface area contributed by atoms with Crippen LogP contribution < -0.4 is 4.74 Å². The van der Waals surface area contributed by atoms with Gasteiger partial charge in [0.05, 0.1) is 31.0 Å². The number of pyridine rings is 1. The standard InChI is InChI=1S/C43H54Cl2N2O9/c44-35-23-29(26-55-43(16-17-43)34-24-46-18-13-32(34)33-6-2-3-7-39(33)56-31-10-11-31)36(45)22-28(35)5-1-4-8-40(52)47-19-14-27(15-20-47)21-30(49)9-12-37(50)41(53)42(54)38(51)25-48/h2-3,6-7,13,18,22-24,27,31,37-38,41-42,48,50-51,53-54H,1,4-5,8-12,14-17,19-21,25-26H2/t37-,38+,41+,42+/m1/s1. The number of unbranched alkanes of at least 4 members (excludes halogenated alkanes) is 1. The van der Waals surface area contributed by atoms with Crippen molar-refractivity contribution in [3.05, 3.63) is 81.6 Å². The van der Waals surface area contributed by atoms with Gasteiger partial charge in [-0.25, -0.2) is 0 Å². The maximum Gasteiger partial charge on any atom is 0.222 e. The van der Waals surface area contributed by atoms with E-state index in [2.05, 4.69) is 11.1 Å². The Bertz CT molecular complexity index is 1790. The fraction of sp³-hybridized carbons (Fsp3) is 0.558. The quantitative estimate of drug-likeness (QED) is 0.0814. The predicted octanol–water partition coefficient (Wildman–Crippen LogP) is 5.93. The molecular weight excluding hydrogens is 759 g/mol. The third-order valence-corrected chi connectivity index (χ3v) is 12.0. The molecule has 0 radical (unpaired) electrons. The summed E-state index contributed by atoms with van der Waals surface area (Å²) in [7, 11) is 0. The number of halogens is 2. The molecule has 5 N–H and O–H groups in total. The highest BCUT2D eigenvalue weighted by Crippen LogP contribution is 2.53. The van der Waals surface area contributed by atoms with Crippen LogP contribution in [0.1, 0.15) is 93.7 Å². The third-order valence-electron chi connectivity index (χ3n) is 11.3. The van der Waals surface area contributed by atoms with Crippen LogP contribution in [-0.4, -0.2) is 97.3 Å². The van der Waals surface area contributed by atoms with Gasteiger partial charge in [-0.1, -0.05) is 41.4 Å². The Morgan fingerprint density at radius 1 is 0.875 bits per heavy atom. The van der Waals surface area contributed by atoms with E-state index in [9.17, 15) is 30.0 Å². The monoisotopic (exact) mass is 812 g/mol. The normalized spacial score (nSPS) is 18.9. The van der Waals surface area contributed by atoms with E-state index >= 15 is 0 Å². The number of aryl methyl sites for hydroxylation is 1. The zero-order valence-electron chi connectivity index (χ0n) is 31.7. The van der Waals surface area contributed by atoms with Gasteiger partial charge in [0.25, 0.3) is 0 Å². The summed E-state index contributed by atoms with van der Waals surface area (Å²) < 4.78 is 12.9. The molecule has 1 aliphatic heterocycles. The van der Waals surface area contributed by atoms with E-state index in [-0.39, 0.29) is 36.6 Å². The summed E-state index contributed by atoms with van der Waals surface area (Å²) in [6.07, 6.45) is 5.84. The first-order valence-corrected chi connectivity index (χ1v) is 20.7. The fourth-order valence-electron chi connectivity index (χ4n) is 7.51. The number of carbonyl (C=O) groups is 2. The molecule has 11 nitrogen and oxygen atoms in total. The van der Waals surface area contributed by atoms with Gasteiger partial charge in [0, 0.05) is 65.9 Å². The summed E-state index contributed by atoms with van der Waals surface area (Å²) in [6.45, 7) is 0.716. The molecule has 1 amide bonds. The van der Waals surface area contributed by atoms with Crippen molar-refractivity contribution >= 4 is 34.9 Å². The molecule has 56 heavy (non-hydrogen) atoms. The summed E-state index contributed by atoms with van der Waals surface area (Å²) in [5.74, 6) is 1.04. The lowest BCUT2D eigenvalue weighted by molar-refractivity contribution is -0.132. The van der Waals surface area contributed by atoms with Crippen LogP contribution >= 0.6 is 23.2 Å². The van der Waals surface area contributed by atoms with Crippen LogP contribution in [0.2, 0.25) is 10.0 Å². The second-order valence-electron chi connectivity index (χ2n) is 15.7. The Morgan fingerprint density at radius 2 is 1.57 bits per heavy atom. The lowest BCUT2D eigenvalue weighted by Crippen LogP contribution is -2.45. The van der Waals surface area contributed by atoms with E-state index in [1.807, 2.05) is 53.7 Å². The van der Waals surface area contributed by atoms with Crippen molar-refractivity contribution in [3.8, 4) is 16.9 Å². The molecular formula is C43H54Cl2N2O9. The Hall–Kier alpha value is -3.13. The van der Waals surface area contributed by atoms with Gasteiger partial charge in [-0.3, -0.25) is 14.6 Å². The van der Waals surface area contributed by atoms with Crippen molar-refractivity contribution in [2.45, 2.75) is 126 Å². The highest BCUT2D eigenvalue weighted by molar-refractivity contribution is 6.34. The van der Waals surface area contributed by atoms with Crippen molar-refractivity contribution in [2.24, 2.45) is 5.92 Å². The largest absolute Gasteiger partial charge is 0.490 e. The number of rotatable bonds is 21. The molecule has 1 aromatic heterocycles. The zero-order chi connectivity index (χ0) is 39.8. The van der Waals surface area contributed by atoms with Crippen molar-refractivity contribution in [1.82, 2.24) is 9.88 Å². The first-order chi connectivity index (χ1) is 27.0. The number of aliphatic hydroxyl groups is 5. The summed E-state index contributed by atoms with van der Waals surface area (Å²) in [6, 6.07) is 14.0. The van der Waals surface area contributed by atoms with Crippen molar-refractivity contribution in [2.75, 3.05) is 19.7 Å². The van der Waals surface area contributed by atoms with Gasteiger partial charge >= 0.3 is 0 Å². The predicted molar refractivity (Wildman–Crippen MR) is 212 cm³/mol. The van der Waals surface area contributed by atoms with Crippen LogP contribution in [0.25, 0.3) is 11.1 Å². The minimum absolute atomic E-state index is 0.0191. The molecule has 6 rings (SSSR count). The van der Waals surface area contributed by atoms with Gasteiger partial charge in [0.1, 0.15) is 29.8 Å². The van der Waals surface area contributed by atoms with Gasteiger partial charge in [0.15, 0.2) is 0 Å². The van der Waals surface area contributed by atoms with Gasteiger partial charge in [-0.15, -0.1) is 0 Å². The number of para-hydroxylation sites is 1. The highest BCUT2D eigenvalue weighted by atomic mass is 35.5. The van der Waals surface area contributed by atoms with Crippen LogP contribution in [0.5, 0.6) is 5.75 Å². The molecule has 1 saturated heterocycles. The molecule has 0 spiro atoms. The minimum atomic E-state index is -1.71. The Morgan fingerprint density at radius 3 is 2.29 bits per heavy atom. The number of amides is 1. The van der Waals surface area contributed by atoms with Crippen molar-refractivity contribution < 1.29 is 44.6 Å². The fourth-order valence-corrected chi connectivity index (χ4v) is 8.03. The smallest absolute Gasteiger partial charge is 0.222 e. The first kappa shape index (κ1) is 42.5. The number of aliphatic hydroxyl groups excluding tert-OH is 5. The van der Waals surface area contributed by atoms with Gasteiger partial charge in [-0.2, -0.15) is 0 Å². The van der Waals surface area contributed by atoms with E-state index < -0.39 is 36.6 Å². The van der Waals surface area contributed by atoms with Gasteiger partial charge in [-0.05, 0) is 111 Å². The zero-order valence-corrected chi connectivity index (χ0v) is 33.2. The van der Waals surface area contributed by atoms with E-state index in [0.717, 1.165) is 65.7 Å². The topological polar surface area (TPSA) is 170 Å². The van der Waals surface area contributed by atoms with E-state index in [1.165, 1.54) is 0 Å². The molecule has 2 saturated carbocycles. The Balaban J connectivity index is 0.916. The second-order valence-corrected chi connectivity index (χ2v) is 16.5. The van der Waals surface area contributed by atoms with Crippen molar-refractivity contribution in [1.29, 1.82) is 0 Å².